The number of hydrogen-bond acceptors (Lipinski definition) is 11. The molecule has 1 unspecified atom stereocenters. The number of ether oxygens (including phenoxy) is 3. The maximum absolute atomic E-state index is 14.0. The van der Waals surface area contributed by atoms with E-state index in [0.717, 1.165) is 78.9 Å². The molecule has 69 heavy (non-hydrogen) atoms. The van der Waals surface area contributed by atoms with E-state index in [4.69, 9.17) is 35.6 Å². The van der Waals surface area contributed by atoms with Crippen molar-refractivity contribution in [2.45, 2.75) is 135 Å². The van der Waals surface area contributed by atoms with Gasteiger partial charge in [0.05, 0.1) is 41.5 Å². The second kappa shape index (κ2) is 25.0. The molecule has 0 aliphatic carbocycles. The second-order valence-electron chi connectivity index (χ2n) is 18.4. The average Bonchev–Trinajstić information content (AvgIpc) is 3.79. The number of aliphatic carboxylic acids is 1. The molecule has 0 saturated carbocycles. The van der Waals surface area contributed by atoms with Crippen LogP contribution in [0.15, 0.2) is 65.5 Å². The number of nitrogens with two attached hydrogens (primary N) is 2. The summed E-state index contributed by atoms with van der Waals surface area (Å²) in [6.45, 7) is 5.95. The largest absolute Gasteiger partial charge is 0.481 e. The van der Waals surface area contributed by atoms with Crippen molar-refractivity contribution < 1.29 is 48.1 Å². The van der Waals surface area contributed by atoms with Crippen LogP contribution in [0.5, 0.6) is 0 Å². The van der Waals surface area contributed by atoms with Crippen LogP contribution in [0, 0.1) is 5.92 Å². The zero-order valence-corrected chi connectivity index (χ0v) is 40.1. The highest BCUT2D eigenvalue weighted by Gasteiger charge is 2.43. The van der Waals surface area contributed by atoms with Gasteiger partial charge in [0.2, 0.25) is 23.6 Å². The summed E-state index contributed by atoms with van der Waals surface area (Å²) in [5.41, 5.74) is 19.1. The first-order chi connectivity index (χ1) is 33.1. The van der Waals surface area contributed by atoms with Crippen LogP contribution < -0.4 is 27.4 Å². The topological polar surface area (TPSA) is 245 Å². The van der Waals surface area contributed by atoms with Crippen molar-refractivity contribution in [2.75, 3.05) is 31.3 Å². The van der Waals surface area contributed by atoms with Crippen molar-refractivity contribution in [2.24, 2.45) is 24.4 Å². The fourth-order valence-electron chi connectivity index (χ4n) is 9.61. The highest BCUT2D eigenvalue weighted by molar-refractivity contribution is 6.07. The first-order valence-corrected chi connectivity index (χ1v) is 24.2. The number of Topliss-reactive ketones (excluding diaryl/α,β-unsaturated/α-hetero) is 1. The molecule has 4 heterocycles. The van der Waals surface area contributed by atoms with Crippen LogP contribution in [0.2, 0.25) is 0 Å². The molecule has 1 saturated heterocycles. The smallest absolute Gasteiger partial charge is 0.329 e. The molecule has 0 spiro atoms. The molecule has 0 radical (unpaired) electrons. The number of nitrogens with one attached hydrogen (secondary N) is 1. The van der Waals surface area contributed by atoms with Gasteiger partial charge >= 0.3 is 5.69 Å². The molecule has 7 rings (SSSR count). The van der Waals surface area contributed by atoms with E-state index >= 15 is 0 Å². The normalized spacial score (nSPS) is 18.5. The number of amides is 4. The third-order valence-corrected chi connectivity index (χ3v) is 13.3. The van der Waals surface area contributed by atoms with Gasteiger partial charge in [-0.15, -0.1) is 0 Å². The third-order valence-electron chi connectivity index (χ3n) is 13.3. The Labute approximate surface area is 402 Å². The Morgan fingerprint density at radius 1 is 0.841 bits per heavy atom. The summed E-state index contributed by atoms with van der Waals surface area (Å²) >= 11 is 0. The van der Waals surface area contributed by atoms with E-state index in [9.17, 15) is 28.8 Å². The summed E-state index contributed by atoms with van der Waals surface area (Å²) in [6.07, 6.45) is 7.69. The number of hydrogen-bond donors (Lipinski definition) is 4. The Morgan fingerprint density at radius 2 is 1.48 bits per heavy atom. The minimum Gasteiger partial charge on any atom is -0.481 e. The standard InChI is InChI=1S/C50H64N6O9.C2H4O2/c1-32(37(20-23-44(52)58)30-43(57)42-29-38-12-5-10-36-19-21-39(51)49(61)56(42)46(36)38)65-31-34-17-15-33(16-18-34)9-7-27-63-25-3-4-26-64-28-8-13-35-11-6-14-40-47(35)54(2)50(62)55(40)41-22-24-45(59)53-48(41)60;1-2(3)4/h5-6,10-12,14-18,32,37,39,41-42H,3-4,7-9,13,19-31,51H2,1-2H3,(H2,52,58)(H,53,59,60);1H3,(H,3,4)/t32-,37-,39+,41?,42+;/m1./s1. The summed E-state index contributed by atoms with van der Waals surface area (Å²) in [5.74, 6) is -2.54. The minimum atomic E-state index is -0.833. The number of primary amides is 1. The van der Waals surface area contributed by atoms with Crippen molar-refractivity contribution in [1.29, 1.82) is 0 Å². The highest BCUT2D eigenvalue weighted by Crippen LogP contribution is 2.40. The molecule has 0 bridgehead atoms. The number of anilines is 1. The number of ketones is 1. The van der Waals surface area contributed by atoms with Crippen molar-refractivity contribution in [3.8, 4) is 0 Å². The number of aromatic nitrogens is 2. The maximum Gasteiger partial charge on any atom is 0.329 e. The molecule has 3 aliphatic rings. The van der Waals surface area contributed by atoms with Crippen LogP contribution in [0.1, 0.15) is 112 Å². The number of imide groups is 1. The maximum atomic E-state index is 14.0. The summed E-state index contributed by atoms with van der Waals surface area (Å²) in [6, 6.07) is 18.0. The zero-order chi connectivity index (χ0) is 49.6. The lowest BCUT2D eigenvalue weighted by atomic mass is 9.89. The number of piperidine rings is 1. The van der Waals surface area contributed by atoms with Crippen molar-refractivity contribution >= 4 is 52.1 Å². The van der Waals surface area contributed by atoms with Gasteiger partial charge < -0.3 is 30.8 Å². The number of rotatable bonds is 24. The van der Waals surface area contributed by atoms with E-state index in [1.54, 1.807) is 16.5 Å². The molecular formula is C52H68N6O11. The fourth-order valence-corrected chi connectivity index (χ4v) is 9.61. The quantitative estimate of drug-likeness (QED) is 0.0549. The lowest BCUT2D eigenvalue weighted by molar-refractivity contribution is -0.136. The summed E-state index contributed by atoms with van der Waals surface area (Å²) in [5, 5.41) is 9.77. The van der Waals surface area contributed by atoms with Gasteiger partial charge in [-0.05, 0) is 111 Å². The molecular weight excluding hydrogens is 885 g/mol. The number of imidazole rings is 1. The van der Waals surface area contributed by atoms with Gasteiger partial charge in [0.15, 0.2) is 5.78 Å². The Balaban J connectivity index is 0.00000188. The molecule has 1 fully saturated rings. The lowest BCUT2D eigenvalue weighted by Crippen LogP contribution is -2.50. The first kappa shape index (κ1) is 52.4. The lowest BCUT2D eigenvalue weighted by Gasteiger charge is -2.29. The molecule has 6 N–H and O–H groups in total. The molecule has 3 aromatic carbocycles. The van der Waals surface area contributed by atoms with Crippen molar-refractivity contribution in [3.05, 3.63) is 99.0 Å². The Hall–Kier alpha value is -6.01. The number of fused-ring (bicyclic) bond motifs is 1. The van der Waals surface area contributed by atoms with Crippen LogP contribution in [-0.2, 0) is 82.3 Å². The van der Waals surface area contributed by atoms with Gasteiger partial charge in [-0.3, -0.25) is 48.1 Å². The summed E-state index contributed by atoms with van der Waals surface area (Å²) in [7, 11) is 1.72. The van der Waals surface area contributed by atoms with Gasteiger partial charge in [-0.2, -0.15) is 0 Å². The van der Waals surface area contributed by atoms with Crippen LogP contribution in [-0.4, -0.2) is 94.2 Å². The number of aryl methyl sites for hydroxylation is 4. The molecule has 4 aromatic rings. The van der Waals surface area contributed by atoms with E-state index in [2.05, 4.69) is 29.6 Å². The Bertz CT molecular complexity index is 2510. The predicted molar refractivity (Wildman–Crippen MR) is 259 cm³/mol. The van der Waals surface area contributed by atoms with E-state index in [1.165, 1.54) is 10.1 Å². The number of carboxylic acids is 1. The van der Waals surface area contributed by atoms with Gasteiger partial charge in [-0.25, -0.2) is 4.79 Å². The molecule has 4 amide bonds. The van der Waals surface area contributed by atoms with E-state index in [-0.39, 0.29) is 54.6 Å². The van der Waals surface area contributed by atoms with Gasteiger partial charge in [-0.1, -0.05) is 54.6 Å². The summed E-state index contributed by atoms with van der Waals surface area (Å²) in [4.78, 5) is 87.2. The van der Waals surface area contributed by atoms with Crippen molar-refractivity contribution in [1.82, 2.24) is 14.5 Å². The number of carbonyl (C=O) groups is 6. The number of unbranched alkanes of at least 4 members (excludes halogenated alkanes) is 1. The van der Waals surface area contributed by atoms with Crippen molar-refractivity contribution in [3.63, 3.8) is 0 Å². The zero-order valence-electron chi connectivity index (χ0n) is 40.1. The number of nitrogens with zero attached hydrogens (tertiary/aromatic N) is 3. The van der Waals surface area contributed by atoms with E-state index < -0.39 is 35.9 Å². The molecule has 372 valence electrons. The molecule has 1 aromatic heterocycles. The first-order valence-electron chi connectivity index (χ1n) is 24.2. The molecule has 3 aliphatic heterocycles. The summed E-state index contributed by atoms with van der Waals surface area (Å²) < 4.78 is 21.2. The van der Waals surface area contributed by atoms with Gasteiger partial charge in [0, 0.05) is 66.1 Å². The van der Waals surface area contributed by atoms with Crippen LogP contribution in [0.25, 0.3) is 11.0 Å². The molecule has 5 atom stereocenters. The Kier molecular flexibility index (Phi) is 19.0. The van der Waals surface area contributed by atoms with Crippen LogP contribution in [0.3, 0.4) is 0 Å². The fraction of sp³-hybridized carbons (Fsp3) is 0.519. The van der Waals surface area contributed by atoms with Crippen LogP contribution in [0.4, 0.5) is 5.69 Å². The van der Waals surface area contributed by atoms with E-state index in [0.29, 0.717) is 70.7 Å². The third kappa shape index (κ3) is 13.8. The number of carbonyl (C=O) groups excluding carboxylic acids is 5. The predicted octanol–water partition coefficient (Wildman–Crippen LogP) is 4.76. The number of para-hydroxylation sites is 2. The minimum absolute atomic E-state index is 0.0595. The number of benzene rings is 3. The average molecular weight is 953 g/mol. The van der Waals surface area contributed by atoms with Gasteiger partial charge in [0.1, 0.15) is 6.04 Å². The number of carboxylic acid groups (broad SMARTS) is 1. The molecule has 17 heteroatoms. The van der Waals surface area contributed by atoms with Gasteiger partial charge in [0.25, 0.3) is 5.97 Å². The highest BCUT2D eigenvalue weighted by atomic mass is 16.5. The monoisotopic (exact) mass is 952 g/mol. The van der Waals surface area contributed by atoms with E-state index in [1.807, 2.05) is 43.3 Å². The second-order valence-corrected chi connectivity index (χ2v) is 18.4. The molecule has 17 nitrogen and oxygen atoms in total. The SMILES string of the molecule is CC(=O)O.C[C@@H](OCc1ccc(CCCOCCCCOCCCc2cccc3c2n(C)c(=O)n3C2CCC(=O)NC2=O)cc1)[C@H](CCC(N)=O)CC(=O)[C@@H]1Cc2cccc3c2N1C(=O)[C@@H](N)CC3. The Morgan fingerprint density at radius 3 is 2.16 bits per heavy atom. The van der Waals surface area contributed by atoms with Crippen LogP contribution >= 0.6 is 0 Å².